The van der Waals surface area contributed by atoms with Gasteiger partial charge in [-0.3, -0.25) is 14.4 Å². The molecule has 5 heteroatoms. The minimum Gasteiger partial charge on any atom is -0.323 e. The fourth-order valence-corrected chi connectivity index (χ4v) is 2.00. The molecule has 90 valence electrons. The van der Waals surface area contributed by atoms with E-state index in [2.05, 4.69) is 15.0 Å². The van der Waals surface area contributed by atoms with Crippen LogP contribution in [-0.2, 0) is 0 Å². The smallest absolute Gasteiger partial charge is 0.156 e. The van der Waals surface area contributed by atoms with Gasteiger partial charge in [0.2, 0.25) is 0 Å². The van der Waals surface area contributed by atoms with Crippen LogP contribution >= 0.6 is 0 Å². The summed E-state index contributed by atoms with van der Waals surface area (Å²) in [6.45, 7) is 1.92. The molecular weight excluding hydrogens is 226 g/mol. The maximum Gasteiger partial charge on any atom is 0.156 e. The number of hydrogen-bond acceptors (Lipinski definition) is 4. The quantitative estimate of drug-likeness (QED) is 0.740. The van der Waals surface area contributed by atoms with Gasteiger partial charge in [0.15, 0.2) is 5.65 Å². The van der Waals surface area contributed by atoms with Crippen molar-refractivity contribution in [2.24, 2.45) is 5.73 Å². The maximum atomic E-state index is 5.99. The second-order valence-corrected chi connectivity index (χ2v) is 4.15. The van der Waals surface area contributed by atoms with E-state index >= 15 is 0 Å². The predicted octanol–water partition coefficient (Wildman–Crippen LogP) is 1.81. The van der Waals surface area contributed by atoms with Gasteiger partial charge in [-0.25, -0.2) is 4.98 Å². The second kappa shape index (κ2) is 4.19. The summed E-state index contributed by atoms with van der Waals surface area (Å²) in [5.41, 5.74) is 9.41. The maximum absolute atomic E-state index is 5.99. The third kappa shape index (κ3) is 1.65. The lowest BCUT2D eigenvalue weighted by Gasteiger charge is -2.06. The average Bonchev–Trinajstić information content (AvgIpc) is 2.79. The Bertz CT molecular complexity index is 672. The highest BCUT2D eigenvalue weighted by Gasteiger charge is 2.17. The highest BCUT2D eigenvalue weighted by molar-refractivity contribution is 5.64. The summed E-state index contributed by atoms with van der Waals surface area (Å²) in [5, 5.41) is 0. The van der Waals surface area contributed by atoms with Gasteiger partial charge in [0.25, 0.3) is 0 Å². The van der Waals surface area contributed by atoms with Gasteiger partial charge in [-0.15, -0.1) is 0 Å². The van der Waals surface area contributed by atoms with E-state index in [9.17, 15) is 0 Å². The molecule has 2 N–H and O–H groups in total. The molecule has 0 aromatic carbocycles. The van der Waals surface area contributed by atoms with Crippen LogP contribution in [0.3, 0.4) is 0 Å². The van der Waals surface area contributed by atoms with Crippen LogP contribution in [0.1, 0.15) is 18.7 Å². The summed E-state index contributed by atoms with van der Waals surface area (Å²) in [6.07, 6.45) is 7.09. The van der Waals surface area contributed by atoms with E-state index in [1.165, 1.54) is 0 Å². The molecule has 1 unspecified atom stereocenters. The van der Waals surface area contributed by atoms with Gasteiger partial charge in [-0.1, -0.05) is 6.07 Å². The molecule has 3 aromatic rings. The number of hydrogen-bond donors (Lipinski definition) is 1. The molecule has 1 atom stereocenters. The number of rotatable bonds is 2. The normalized spacial score (nSPS) is 12.8. The van der Waals surface area contributed by atoms with Gasteiger partial charge in [-0.2, -0.15) is 0 Å². The molecule has 0 fully saturated rings. The molecule has 0 amide bonds. The first-order valence-corrected chi connectivity index (χ1v) is 5.76. The predicted molar refractivity (Wildman–Crippen MR) is 68.8 cm³/mol. The first kappa shape index (κ1) is 10.9. The van der Waals surface area contributed by atoms with Crippen molar-refractivity contribution in [2.45, 2.75) is 13.0 Å². The van der Waals surface area contributed by atoms with Crippen molar-refractivity contribution in [3.63, 3.8) is 0 Å². The Kier molecular flexibility index (Phi) is 2.53. The number of aromatic nitrogens is 4. The zero-order valence-electron chi connectivity index (χ0n) is 9.99. The lowest BCUT2D eigenvalue weighted by atomic mass is 10.1. The average molecular weight is 239 g/mol. The zero-order valence-corrected chi connectivity index (χ0v) is 9.99. The molecule has 3 rings (SSSR count). The fourth-order valence-electron chi connectivity index (χ4n) is 2.00. The Hall–Kier alpha value is -2.27. The van der Waals surface area contributed by atoms with Crippen molar-refractivity contribution in [2.75, 3.05) is 0 Å². The van der Waals surface area contributed by atoms with Crippen LogP contribution in [0.15, 0.2) is 43.0 Å². The standard InChI is InChI=1S/C13H13N5/c1-9(14)12-13(10-4-2-3-5-16-10)18-7-6-15-8-11(18)17-12/h2-9H,14H2,1H3. The highest BCUT2D eigenvalue weighted by atomic mass is 15.1. The third-order valence-corrected chi connectivity index (χ3v) is 2.80. The number of nitrogens with zero attached hydrogens (tertiary/aromatic N) is 4. The summed E-state index contributed by atoms with van der Waals surface area (Å²) in [4.78, 5) is 13.0. The number of nitrogens with two attached hydrogens (primary N) is 1. The second-order valence-electron chi connectivity index (χ2n) is 4.15. The summed E-state index contributed by atoms with van der Waals surface area (Å²) < 4.78 is 1.97. The van der Waals surface area contributed by atoms with Gasteiger partial charge in [0.1, 0.15) is 0 Å². The van der Waals surface area contributed by atoms with E-state index in [1.54, 1.807) is 18.6 Å². The topological polar surface area (TPSA) is 69.1 Å². The van der Waals surface area contributed by atoms with Gasteiger partial charge in [0, 0.05) is 24.6 Å². The van der Waals surface area contributed by atoms with Gasteiger partial charge >= 0.3 is 0 Å². The lowest BCUT2D eigenvalue weighted by molar-refractivity contribution is 0.792. The van der Waals surface area contributed by atoms with Crippen molar-refractivity contribution >= 4 is 5.65 Å². The summed E-state index contributed by atoms with van der Waals surface area (Å²) in [5.74, 6) is 0. The van der Waals surface area contributed by atoms with Gasteiger partial charge in [0.05, 0.1) is 23.3 Å². The van der Waals surface area contributed by atoms with Crippen molar-refractivity contribution in [1.29, 1.82) is 0 Å². The van der Waals surface area contributed by atoms with Crippen molar-refractivity contribution < 1.29 is 0 Å². The van der Waals surface area contributed by atoms with E-state index in [-0.39, 0.29) is 6.04 Å². The van der Waals surface area contributed by atoms with Crippen LogP contribution < -0.4 is 5.73 Å². The summed E-state index contributed by atoms with van der Waals surface area (Å²) >= 11 is 0. The number of pyridine rings is 1. The molecule has 0 spiro atoms. The Morgan fingerprint density at radius 1 is 1.28 bits per heavy atom. The van der Waals surface area contributed by atoms with Crippen molar-refractivity contribution in [1.82, 2.24) is 19.4 Å². The molecule has 0 radical (unpaired) electrons. The molecule has 5 nitrogen and oxygen atoms in total. The summed E-state index contributed by atoms with van der Waals surface area (Å²) in [6, 6.07) is 5.64. The number of fused-ring (bicyclic) bond motifs is 1. The molecule has 3 heterocycles. The van der Waals surface area contributed by atoms with E-state index in [0.29, 0.717) is 0 Å². The van der Waals surface area contributed by atoms with E-state index in [4.69, 9.17) is 5.73 Å². The van der Waals surface area contributed by atoms with Gasteiger partial charge in [-0.05, 0) is 19.1 Å². The minimum atomic E-state index is -0.151. The Morgan fingerprint density at radius 3 is 2.89 bits per heavy atom. The third-order valence-electron chi connectivity index (χ3n) is 2.80. The minimum absolute atomic E-state index is 0.151. The van der Waals surface area contributed by atoms with Crippen LogP contribution in [0.5, 0.6) is 0 Å². The first-order chi connectivity index (χ1) is 8.77. The SMILES string of the molecule is CC(N)c1nc2cnccn2c1-c1ccccn1. The molecule has 0 bridgehead atoms. The largest absolute Gasteiger partial charge is 0.323 e. The molecule has 18 heavy (non-hydrogen) atoms. The highest BCUT2D eigenvalue weighted by Crippen LogP contribution is 2.26. The first-order valence-electron chi connectivity index (χ1n) is 5.76. The Morgan fingerprint density at radius 2 is 2.17 bits per heavy atom. The summed E-state index contributed by atoms with van der Waals surface area (Å²) in [7, 11) is 0. The van der Waals surface area contributed by atoms with E-state index in [0.717, 1.165) is 22.7 Å². The molecule has 0 aliphatic rings. The van der Waals surface area contributed by atoms with Crippen LogP contribution in [-0.4, -0.2) is 19.4 Å². The molecule has 0 aliphatic carbocycles. The van der Waals surface area contributed by atoms with Crippen LogP contribution in [0, 0.1) is 0 Å². The molecule has 0 aliphatic heterocycles. The molecule has 0 saturated heterocycles. The van der Waals surface area contributed by atoms with E-state index < -0.39 is 0 Å². The van der Waals surface area contributed by atoms with Crippen LogP contribution in [0.25, 0.3) is 17.0 Å². The zero-order chi connectivity index (χ0) is 12.5. The van der Waals surface area contributed by atoms with Gasteiger partial charge < -0.3 is 5.73 Å². The van der Waals surface area contributed by atoms with Crippen molar-refractivity contribution in [3.8, 4) is 11.4 Å². The lowest BCUT2D eigenvalue weighted by Crippen LogP contribution is -2.07. The van der Waals surface area contributed by atoms with Crippen LogP contribution in [0.2, 0.25) is 0 Å². The number of imidazole rings is 1. The fraction of sp³-hybridized carbons (Fsp3) is 0.154. The molecule has 3 aromatic heterocycles. The Labute approximate surface area is 104 Å². The van der Waals surface area contributed by atoms with Crippen LogP contribution in [0.4, 0.5) is 0 Å². The molecule has 0 saturated carbocycles. The molecular formula is C13H13N5. The monoisotopic (exact) mass is 239 g/mol. The van der Waals surface area contributed by atoms with Crippen molar-refractivity contribution in [3.05, 3.63) is 48.7 Å². The van der Waals surface area contributed by atoms with E-state index in [1.807, 2.05) is 35.7 Å². The Balaban J connectivity index is 2.35.